The molecule has 6 bridgehead atoms. The highest BCUT2D eigenvalue weighted by molar-refractivity contribution is 7.53. The zero-order valence-electron chi connectivity index (χ0n) is 43.4. The number of aliphatic hydroxyl groups is 2. The Hall–Kier alpha value is -3.18. The summed E-state index contributed by atoms with van der Waals surface area (Å²) >= 11 is 0. The van der Waals surface area contributed by atoms with Crippen molar-refractivity contribution in [1.29, 1.82) is 0 Å². The molecule has 0 aromatic carbocycles. The van der Waals surface area contributed by atoms with Gasteiger partial charge in [-0.1, -0.05) is 64.2 Å². The second-order valence-electron chi connectivity index (χ2n) is 20.8. The van der Waals surface area contributed by atoms with E-state index in [1.165, 1.54) is 18.7 Å². The molecule has 3 unspecified atom stereocenters. The number of esters is 1. The van der Waals surface area contributed by atoms with Crippen LogP contribution in [-0.2, 0) is 61.3 Å². The predicted molar refractivity (Wildman–Crippen MR) is 262 cm³/mol. The van der Waals surface area contributed by atoms with Crippen LogP contribution in [0.15, 0.2) is 47.6 Å². The van der Waals surface area contributed by atoms with Crippen molar-refractivity contribution >= 4 is 36.8 Å². The Labute approximate surface area is 415 Å². The second-order valence-corrected chi connectivity index (χ2v) is 22.8. The maximum absolute atomic E-state index is 14.6. The zero-order chi connectivity index (χ0) is 51.7. The number of carbonyl (C=O) groups is 5. The first-order valence-corrected chi connectivity index (χ1v) is 27.5. The number of amides is 1. The van der Waals surface area contributed by atoms with Crippen LogP contribution in [0.1, 0.15) is 119 Å². The molecule has 16 nitrogen and oxygen atoms in total. The van der Waals surface area contributed by atoms with Crippen LogP contribution in [0.5, 0.6) is 0 Å². The molecule has 70 heavy (non-hydrogen) atoms. The molecule has 5 aliphatic rings. The van der Waals surface area contributed by atoms with E-state index in [9.17, 15) is 38.8 Å². The minimum atomic E-state index is -3.35. The van der Waals surface area contributed by atoms with E-state index >= 15 is 0 Å². The summed E-state index contributed by atoms with van der Waals surface area (Å²) in [5.74, 6) is -8.79. The summed E-state index contributed by atoms with van der Waals surface area (Å²) in [6.45, 7) is 14.2. The van der Waals surface area contributed by atoms with Crippen molar-refractivity contribution in [3.8, 4) is 0 Å². The van der Waals surface area contributed by atoms with Gasteiger partial charge in [0.15, 0.2) is 5.78 Å². The van der Waals surface area contributed by atoms with Gasteiger partial charge in [-0.25, -0.2) is 4.79 Å². The number of rotatable bonds is 9. The lowest BCUT2D eigenvalue weighted by Crippen LogP contribution is -2.65. The number of ether oxygens (including phenoxy) is 5. The van der Waals surface area contributed by atoms with Crippen molar-refractivity contribution in [2.45, 2.75) is 174 Å². The van der Waals surface area contributed by atoms with Gasteiger partial charge in [0.1, 0.15) is 30.1 Å². The highest BCUT2D eigenvalue weighted by atomic mass is 31.2. The fraction of sp³-hybridized carbons (Fsp3) is 0.755. The molecule has 17 atom stereocenters. The quantitative estimate of drug-likeness (QED) is 0.101. The molecule has 394 valence electrons. The van der Waals surface area contributed by atoms with Gasteiger partial charge in [0.25, 0.3) is 11.7 Å². The summed E-state index contributed by atoms with van der Waals surface area (Å²) in [7, 11) is 1.17. The van der Waals surface area contributed by atoms with Crippen LogP contribution < -0.4 is 0 Å². The lowest BCUT2D eigenvalue weighted by atomic mass is 9.68. The van der Waals surface area contributed by atoms with Gasteiger partial charge < -0.3 is 47.8 Å². The van der Waals surface area contributed by atoms with Crippen LogP contribution in [-0.4, -0.2) is 140 Å². The van der Waals surface area contributed by atoms with Crippen molar-refractivity contribution in [2.75, 3.05) is 41.1 Å². The number of piperidine rings is 1. The molecule has 0 aromatic rings. The second kappa shape index (κ2) is 25.7. The van der Waals surface area contributed by atoms with Crippen molar-refractivity contribution < 1.29 is 71.5 Å². The Morgan fingerprint density at radius 2 is 1.60 bits per heavy atom. The number of methoxy groups -OCH3 is 3. The number of allylic oxidation sites excluding steroid dienone is 6. The van der Waals surface area contributed by atoms with E-state index in [0.29, 0.717) is 69.8 Å². The fourth-order valence-corrected chi connectivity index (χ4v) is 12.8. The summed E-state index contributed by atoms with van der Waals surface area (Å²) in [5, 5.41) is 23.6. The summed E-state index contributed by atoms with van der Waals surface area (Å²) in [6, 6.07) is -1.16. The maximum Gasteiger partial charge on any atom is 0.329 e. The molecule has 17 heteroatoms. The predicted octanol–water partition coefficient (Wildman–Crippen LogP) is 7.28. The van der Waals surface area contributed by atoms with Crippen molar-refractivity contribution in [1.82, 2.24) is 4.90 Å². The third-order valence-electron chi connectivity index (χ3n) is 15.6. The van der Waals surface area contributed by atoms with E-state index in [4.69, 9.17) is 32.7 Å². The number of nitrogens with zero attached hydrogens (tertiary/aromatic N) is 1. The van der Waals surface area contributed by atoms with E-state index in [1.54, 1.807) is 48.0 Å². The summed E-state index contributed by atoms with van der Waals surface area (Å²) < 4.78 is 54.3. The number of fused-ring (bicyclic) bond motifs is 3. The van der Waals surface area contributed by atoms with Crippen LogP contribution >= 0.6 is 7.60 Å². The number of ketones is 3. The highest BCUT2D eigenvalue weighted by Crippen LogP contribution is 2.50. The van der Waals surface area contributed by atoms with Gasteiger partial charge >= 0.3 is 13.6 Å². The highest BCUT2D eigenvalue weighted by Gasteiger charge is 2.57. The monoisotopic (exact) mass is 1000 g/mol. The largest absolute Gasteiger partial charge is 0.460 e. The Morgan fingerprint density at radius 1 is 0.871 bits per heavy atom. The number of carbonyl (C=O) groups excluding carboxylic acids is 5. The molecular weight excluding hydrogens is 922 g/mol. The lowest BCUT2D eigenvalue weighted by molar-refractivity contribution is -0.266. The number of aliphatic hydroxyl groups excluding tert-OH is 1. The van der Waals surface area contributed by atoms with E-state index in [2.05, 4.69) is 0 Å². The number of hydrogen-bond donors (Lipinski definition) is 2. The Balaban J connectivity index is 1.51. The first-order valence-electron chi connectivity index (χ1n) is 25.5. The summed E-state index contributed by atoms with van der Waals surface area (Å²) in [5.41, 5.74) is 1.25. The van der Waals surface area contributed by atoms with Gasteiger partial charge in [0.05, 0.1) is 31.0 Å². The van der Waals surface area contributed by atoms with Crippen LogP contribution in [0.4, 0.5) is 0 Å². The third-order valence-corrected chi connectivity index (χ3v) is 17.0. The Bertz CT molecular complexity index is 2020. The minimum absolute atomic E-state index is 0.0105. The smallest absolute Gasteiger partial charge is 0.329 e. The first kappa shape index (κ1) is 57.7. The van der Waals surface area contributed by atoms with Gasteiger partial charge in [0.2, 0.25) is 5.79 Å². The third kappa shape index (κ3) is 14.1. The lowest BCUT2D eigenvalue weighted by Gasteiger charge is -2.50. The molecular formula is C53H82NO15P. The van der Waals surface area contributed by atoms with Gasteiger partial charge in [-0.05, 0) is 107 Å². The average molecular weight is 1000 g/mol. The SMILES string of the molecule is CCOP(C)(=O)O[C@@H]1CC[C@@H](CC2[C@@H]3CC(=O)C(C)/C=C(\C)[C@@H](O)[C@@H](OC)C(=O)[C@H](C)C[C@H](C)/C=C/C=C/C=C(\C)[C@@H](OC)C[C@@H]4CC[C@@H](C)[C@@](O)(O4)C(=O)C(=O)N4CCC[C@H]2[C@H]4C(=O)O3)C[C@H]1OC. The molecule has 0 aromatic heterocycles. The van der Waals surface area contributed by atoms with Gasteiger partial charge in [0, 0.05) is 71.1 Å². The molecule has 0 spiro atoms. The van der Waals surface area contributed by atoms with Gasteiger partial charge in [-0.3, -0.25) is 23.7 Å². The van der Waals surface area contributed by atoms with Gasteiger partial charge in [-0.15, -0.1) is 0 Å². The maximum atomic E-state index is 14.6. The Morgan fingerprint density at radius 3 is 2.27 bits per heavy atom. The van der Waals surface area contributed by atoms with E-state index in [1.807, 2.05) is 51.2 Å². The number of hydrogen-bond acceptors (Lipinski definition) is 15. The standard InChI is InChI=1S/C53H82NO15P/c1-12-66-70(11,62)69-42-23-21-37(28-45(42)64-9)27-40-39-19-16-24-54-46(39)52(60)67-44(40)30-41(55)33(4)26-35(6)48(57)49(65-10)47(56)34(5)25-31(2)17-14-13-15-18-32(3)43(63-8)29-38-22-20-36(7)53(61,68-38)50(58)51(54)59/h13-15,17-18,26,31,33-34,36-40,42-46,48-49,57,61H,12,16,19-25,27-30H2,1-11H3/b15-13+,17-14+,32-18+,35-26+/t31-,33?,34-,36-,37+,38+,39-,40?,42-,43+,44+,45-,46+,48-,49+,53-,70?/m1/s1. The van der Waals surface area contributed by atoms with Gasteiger partial charge in [-0.2, -0.15) is 0 Å². The minimum Gasteiger partial charge on any atom is -0.460 e. The molecule has 1 saturated carbocycles. The molecule has 4 aliphatic heterocycles. The topological polar surface area (TPSA) is 211 Å². The van der Waals surface area contributed by atoms with Crippen LogP contribution in [0.2, 0.25) is 0 Å². The van der Waals surface area contributed by atoms with Crippen molar-refractivity contribution in [3.05, 3.63) is 47.6 Å². The fourth-order valence-electron chi connectivity index (χ4n) is 11.5. The molecule has 3 saturated heterocycles. The van der Waals surface area contributed by atoms with Crippen molar-refractivity contribution in [3.63, 3.8) is 0 Å². The normalized spacial score (nSPS) is 41.4. The first-order chi connectivity index (χ1) is 33.1. The molecule has 5 rings (SSSR count). The average Bonchev–Trinajstić information content (AvgIpc) is 3.32. The van der Waals surface area contributed by atoms with Crippen LogP contribution in [0, 0.1) is 41.4 Å². The van der Waals surface area contributed by atoms with E-state index in [-0.39, 0.29) is 43.0 Å². The van der Waals surface area contributed by atoms with Crippen LogP contribution in [0.25, 0.3) is 0 Å². The molecule has 0 radical (unpaired) electrons. The molecule has 4 heterocycles. The molecule has 1 amide bonds. The summed E-state index contributed by atoms with van der Waals surface area (Å²) in [6.07, 6.45) is 10.5. The molecule has 4 fully saturated rings. The number of Topliss-reactive ketones (excluding diaryl/α,β-unsaturated/α-hetero) is 3. The molecule has 1 aliphatic carbocycles. The van der Waals surface area contributed by atoms with Crippen molar-refractivity contribution in [2.24, 2.45) is 41.4 Å². The van der Waals surface area contributed by atoms with E-state index in [0.717, 1.165) is 5.57 Å². The summed E-state index contributed by atoms with van der Waals surface area (Å²) in [4.78, 5) is 72.7. The molecule has 2 N–H and O–H groups in total. The van der Waals surface area contributed by atoms with Crippen LogP contribution in [0.3, 0.4) is 0 Å². The zero-order valence-corrected chi connectivity index (χ0v) is 44.3. The van der Waals surface area contributed by atoms with E-state index < -0.39 is 109 Å². The Kier molecular flexibility index (Phi) is 21.2.